The summed E-state index contributed by atoms with van der Waals surface area (Å²) in [5.41, 5.74) is 1.50. The normalized spacial score (nSPS) is 10.4. The first-order chi connectivity index (χ1) is 12.1. The summed E-state index contributed by atoms with van der Waals surface area (Å²) in [6.45, 7) is 1.87. The van der Waals surface area contributed by atoms with Gasteiger partial charge in [0.15, 0.2) is 0 Å². The van der Waals surface area contributed by atoms with Crippen LogP contribution in [0.4, 0.5) is 4.39 Å². The molecular weight excluding hydrogens is 325 g/mol. The molecule has 0 radical (unpaired) electrons. The summed E-state index contributed by atoms with van der Waals surface area (Å²) in [5, 5.41) is 9.27. The van der Waals surface area contributed by atoms with E-state index in [0.29, 0.717) is 27.8 Å². The van der Waals surface area contributed by atoms with Crippen molar-refractivity contribution in [3.63, 3.8) is 0 Å². The van der Waals surface area contributed by atoms with Crippen molar-refractivity contribution < 1.29 is 23.1 Å². The first-order valence-electron chi connectivity index (χ1n) is 7.57. The van der Waals surface area contributed by atoms with Gasteiger partial charge < -0.3 is 13.9 Å². The molecule has 3 rings (SSSR count). The van der Waals surface area contributed by atoms with Gasteiger partial charge in [-0.1, -0.05) is 0 Å². The van der Waals surface area contributed by atoms with Crippen molar-refractivity contribution in [2.75, 3.05) is 13.2 Å². The SMILES string of the molecule is Cc1c(C(=O)OCCOc2ccc(C#N)cc2)oc2ccc(F)cc12. The third kappa shape index (κ3) is 3.61. The van der Waals surface area contributed by atoms with Gasteiger partial charge in [-0.05, 0) is 49.4 Å². The summed E-state index contributed by atoms with van der Waals surface area (Å²) in [6.07, 6.45) is 0. The fourth-order valence-corrected chi connectivity index (χ4v) is 2.37. The maximum atomic E-state index is 13.3. The number of halogens is 1. The van der Waals surface area contributed by atoms with Crippen molar-refractivity contribution in [2.45, 2.75) is 6.92 Å². The largest absolute Gasteiger partial charge is 0.490 e. The molecule has 0 spiro atoms. The highest BCUT2D eigenvalue weighted by Crippen LogP contribution is 2.26. The molecule has 0 amide bonds. The molecule has 0 aliphatic carbocycles. The Bertz CT molecular complexity index is 954. The molecule has 0 fully saturated rings. The maximum absolute atomic E-state index is 13.3. The molecule has 25 heavy (non-hydrogen) atoms. The second kappa shape index (κ2) is 7.05. The molecule has 0 aliphatic heterocycles. The fraction of sp³-hybridized carbons (Fsp3) is 0.158. The number of hydrogen-bond donors (Lipinski definition) is 0. The van der Waals surface area contributed by atoms with Crippen LogP contribution in [0.1, 0.15) is 21.7 Å². The summed E-state index contributed by atoms with van der Waals surface area (Å²) >= 11 is 0. The number of hydrogen-bond acceptors (Lipinski definition) is 5. The molecule has 6 heteroatoms. The minimum Gasteiger partial charge on any atom is -0.490 e. The van der Waals surface area contributed by atoms with Gasteiger partial charge in [-0.2, -0.15) is 5.26 Å². The van der Waals surface area contributed by atoms with Crippen molar-refractivity contribution in [3.05, 3.63) is 65.2 Å². The predicted molar refractivity (Wildman–Crippen MR) is 87.8 cm³/mol. The van der Waals surface area contributed by atoms with Crippen LogP contribution in [0.3, 0.4) is 0 Å². The van der Waals surface area contributed by atoms with Crippen molar-refractivity contribution in [3.8, 4) is 11.8 Å². The average Bonchev–Trinajstić information content (AvgIpc) is 2.95. The van der Waals surface area contributed by atoms with Crippen molar-refractivity contribution >= 4 is 16.9 Å². The molecule has 1 heterocycles. The van der Waals surface area contributed by atoms with Gasteiger partial charge in [0.2, 0.25) is 5.76 Å². The number of nitriles is 1. The van der Waals surface area contributed by atoms with Crippen molar-refractivity contribution in [1.82, 2.24) is 0 Å². The van der Waals surface area contributed by atoms with Gasteiger partial charge in [0.05, 0.1) is 11.6 Å². The Morgan fingerprint density at radius 2 is 1.96 bits per heavy atom. The van der Waals surface area contributed by atoms with E-state index in [9.17, 15) is 9.18 Å². The van der Waals surface area contributed by atoms with E-state index in [-0.39, 0.29) is 19.0 Å². The summed E-state index contributed by atoms with van der Waals surface area (Å²) in [4.78, 5) is 12.1. The smallest absolute Gasteiger partial charge is 0.374 e. The van der Waals surface area contributed by atoms with Gasteiger partial charge in [-0.15, -0.1) is 0 Å². The number of aryl methyl sites for hydroxylation is 1. The minimum atomic E-state index is -0.627. The molecular formula is C19H14FNO4. The lowest BCUT2D eigenvalue weighted by Crippen LogP contribution is -2.12. The molecule has 0 N–H and O–H groups in total. The summed E-state index contributed by atoms with van der Waals surface area (Å²) in [5.74, 6) is -0.394. The predicted octanol–water partition coefficient (Wildman–Crippen LogP) is 3.99. The Morgan fingerprint density at radius 3 is 2.68 bits per heavy atom. The molecule has 3 aromatic rings. The number of esters is 1. The lowest BCUT2D eigenvalue weighted by Gasteiger charge is -2.06. The minimum absolute atomic E-state index is 0.0314. The van der Waals surface area contributed by atoms with Gasteiger partial charge in [-0.3, -0.25) is 0 Å². The van der Waals surface area contributed by atoms with Crippen LogP contribution in [-0.4, -0.2) is 19.2 Å². The van der Waals surface area contributed by atoms with Crippen LogP contribution in [0.5, 0.6) is 5.75 Å². The third-order valence-electron chi connectivity index (χ3n) is 3.65. The maximum Gasteiger partial charge on any atom is 0.374 e. The molecule has 2 aromatic carbocycles. The van der Waals surface area contributed by atoms with Gasteiger partial charge in [0.1, 0.15) is 30.4 Å². The standard InChI is InChI=1S/C19H14FNO4/c1-12-16-10-14(20)4-7-17(16)25-18(12)19(22)24-9-8-23-15-5-2-13(11-21)3-6-15/h2-7,10H,8-9H2,1H3. The van der Waals surface area contributed by atoms with Gasteiger partial charge in [0, 0.05) is 10.9 Å². The summed E-state index contributed by atoms with van der Waals surface area (Å²) in [7, 11) is 0. The number of furan rings is 1. The zero-order valence-corrected chi connectivity index (χ0v) is 13.4. The fourth-order valence-electron chi connectivity index (χ4n) is 2.37. The highest BCUT2D eigenvalue weighted by Gasteiger charge is 2.19. The van der Waals surface area contributed by atoms with Crippen LogP contribution in [0.25, 0.3) is 11.0 Å². The van der Waals surface area contributed by atoms with E-state index in [0.717, 1.165) is 0 Å². The van der Waals surface area contributed by atoms with Crippen LogP contribution in [0.15, 0.2) is 46.9 Å². The Balaban J connectivity index is 1.57. The van der Waals surface area contributed by atoms with Gasteiger partial charge in [0.25, 0.3) is 0 Å². The van der Waals surface area contributed by atoms with Crippen LogP contribution in [0.2, 0.25) is 0 Å². The monoisotopic (exact) mass is 339 g/mol. The van der Waals surface area contributed by atoms with Gasteiger partial charge in [-0.25, -0.2) is 9.18 Å². The number of carbonyl (C=O) groups is 1. The zero-order valence-electron chi connectivity index (χ0n) is 13.4. The van der Waals surface area contributed by atoms with E-state index in [1.54, 1.807) is 31.2 Å². The van der Waals surface area contributed by atoms with Crippen LogP contribution >= 0.6 is 0 Å². The highest BCUT2D eigenvalue weighted by molar-refractivity contribution is 5.95. The number of carbonyl (C=O) groups excluding carboxylic acids is 1. The first kappa shape index (κ1) is 16.5. The molecule has 0 aliphatic rings. The molecule has 0 bridgehead atoms. The number of fused-ring (bicyclic) bond motifs is 1. The number of rotatable bonds is 5. The van der Waals surface area contributed by atoms with Crippen LogP contribution in [-0.2, 0) is 4.74 Å². The summed E-state index contributed by atoms with van der Waals surface area (Å²) < 4.78 is 29.3. The number of benzene rings is 2. The van der Waals surface area contributed by atoms with Crippen LogP contribution in [0, 0.1) is 24.1 Å². The first-order valence-corrected chi connectivity index (χ1v) is 7.57. The van der Waals surface area contributed by atoms with Crippen LogP contribution < -0.4 is 4.74 Å². The number of ether oxygens (including phenoxy) is 2. The molecule has 5 nitrogen and oxygen atoms in total. The lowest BCUT2D eigenvalue weighted by atomic mass is 10.1. The molecule has 126 valence electrons. The molecule has 0 saturated carbocycles. The average molecular weight is 339 g/mol. The van der Waals surface area contributed by atoms with Crippen molar-refractivity contribution in [1.29, 1.82) is 5.26 Å². The Morgan fingerprint density at radius 1 is 1.20 bits per heavy atom. The van der Waals surface area contributed by atoms with E-state index < -0.39 is 11.8 Å². The van der Waals surface area contributed by atoms with E-state index in [1.807, 2.05) is 6.07 Å². The zero-order chi connectivity index (χ0) is 17.8. The molecule has 1 aromatic heterocycles. The second-order valence-electron chi connectivity index (χ2n) is 5.32. The van der Waals surface area contributed by atoms with E-state index in [4.69, 9.17) is 19.2 Å². The third-order valence-corrected chi connectivity index (χ3v) is 3.65. The summed E-state index contributed by atoms with van der Waals surface area (Å²) in [6, 6.07) is 12.7. The number of nitrogens with zero attached hydrogens (tertiary/aromatic N) is 1. The van der Waals surface area contributed by atoms with E-state index in [2.05, 4.69) is 0 Å². The quantitative estimate of drug-likeness (QED) is 0.519. The van der Waals surface area contributed by atoms with Crippen molar-refractivity contribution in [2.24, 2.45) is 0 Å². The Hall–Kier alpha value is -3.33. The Labute approximate surface area is 143 Å². The van der Waals surface area contributed by atoms with E-state index >= 15 is 0 Å². The molecule has 0 unspecified atom stereocenters. The highest BCUT2D eigenvalue weighted by atomic mass is 19.1. The Kier molecular flexibility index (Phi) is 4.66. The lowest BCUT2D eigenvalue weighted by molar-refractivity contribution is 0.0416. The van der Waals surface area contributed by atoms with E-state index in [1.165, 1.54) is 18.2 Å². The molecule has 0 saturated heterocycles. The topological polar surface area (TPSA) is 72.5 Å². The second-order valence-corrected chi connectivity index (χ2v) is 5.32. The van der Waals surface area contributed by atoms with Gasteiger partial charge >= 0.3 is 5.97 Å². The molecule has 0 atom stereocenters.